The number of ether oxygens (including phenoxy) is 1. The fourth-order valence-electron chi connectivity index (χ4n) is 2.30. The second kappa shape index (κ2) is 4.53. The minimum absolute atomic E-state index is 0.0215. The van der Waals surface area contributed by atoms with Crippen LogP contribution >= 0.6 is 11.8 Å². The van der Waals surface area contributed by atoms with Gasteiger partial charge in [0, 0.05) is 19.8 Å². The average molecular weight is 286 g/mol. The summed E-state index contributed by atoms with van der Waals surface area (Å²) in [5, 5.41) is 11.1. The number of β-lactam (4-membered cyclic amide) rings is 1. The summed E-state index contributed by atoms with van der Waals surface area (Å²) >= 11 is 1.36. The summed E-state index contributed by atoms with van der Waals surface area (Å²) in [6.07, 6.45) is 0. The molecule has 0 radical (unpaired) electrons. The van der Waals surface area contributed by atoms with Gasteiger partial charge in [-0.3, -0.25) is 14.5 Å². The zero-order valence-corrected chi connectivity index (χ0v) is 11.5. The van der Waals surface area contributed by atoms with Gasteiger partial charge in [0.1, 0.15) is 11.1 Å². The van der Waals surface area contributed by atoms with E-state index >= 15 is 0 Å². The molecule has 0 saturated carbocycles. The Labute approximate surface area is 114 Å². The molecule has 0 aliphatic carbocycles. The summed E-state index contributed by atoms with van der Waals surface area (Å²) in [5.74, 6) is -1.64. The van der Waals surface area contributed by atoms with Gasteiger partial charge in [-0.1, -0.05) is 0 Å². The predicted molar refractivity (Wildman–Crippen MR) is 67.0 cm³/mol. The smallest absolute Gasteiger partial charge is 0.352 e. The third kappa shape index (κ3) is 1.82. The van der Waals surface area contributed by atoms with Gasteiger partial charge in [-0.15, -0.1) is 11.8 Å². The first-order valence-electron chi connectivity index (χ1n) is 5.57. The number of rotatable bonds is 3. The van der Waals surface area contributed by atoms with Gasteiger partial charge < -0.3 is 15.2 Å². The molecule has 2 atom stereocenters. The SMILES string of the molecule is COC1(NC(C)=O)C(=O)N2C(C(=O)O)=C(C)CS[C@H]21. The highest BCUT2D eigenvalue weighted by Gasteiger charge is 2.66. The Bertz CT molecular complexity index is 503. The van der Waals surface area contributed by atoms with E-state index in [1.54, 1.807) is 6.92 Å². The second-order valence-corrected chi connectivity index (χ2v) is 5.46. The van der Waals surface area contributed by atoms with Crippen molar-refractivity contribution < 1.29 is 24.2 Å². The molecule has 2 aliphatic heterocycles. The molecule has 8 heteroatoms. The van der Waals surface area contributed by atoms with E-state index in [-0.39, 0.29) is 5.70 Å². The Morgan fingerprint density at radius 1 is 1.58 bits per heavy atom. The predicted octanol–water partition coefficient (Wildman–Crippen LogP) is -0.261. The number of nitrogens with one attached hydrogen (secondary N) is 1. The first kappa shape index (κ1) is 13.9. The summed E-state index contributed by atoms with van der Waals surface area (Å²) in [6, 6.07) is 0. The molecule has 1 fully saturated rings. The molecule has 19 heavy (non-hydrogen) atoms. The molecule has 0 spiro atoms. The highest BCUT2D eigenvalue weighted by atomic mass is 32.2. The number of nitrogens with zero attached hydrogens (tertiary/aromatic N) is 1. The molecule has 0 aromatic carbocycles. The number of methoxy groups -OCH3 is 1. The van der Waals surface area contributed by atoms with E-state index in [2.05, 4.69) is 5.32 Å². The van der Waals surface area contributed by atoms with E-state index in [0.29, 0.717) is 11.3 Å². The lowest BCUT2D eigenvalue weighted by molar-refractivity contribution is -0.192. The largest absolute Gasteiger partial charge is 0.477 e. The number of amides is 2. The first-order valence-corrected chi connectivity index (χ1v) is 6.62. The van der Waals surface area contributed by atoms with E-state index in [1.807, 2.05) is 0 Å². The van der Waals surface area contributed by atoms with Gasteiger partial charge in [-0.25, -0.2) is 4.79 Å². The third-order valence-corrected chi connectivity index (χ3v) is 4.57. The van der Waals surface area contributed by atoms with Crippen LogP contribution in [0.5, 0.6) is 0 Å². The van der Waals surface area contributed by atoms with Gasteiger partial charge in [0.2, 0.25) is 5.91 Å². The van der Waals surface area contributed by atoms with Crippen molar-refractivity contribution in [2.45, 2.75) is 24.9 Å². The van der Waals surface area contributed by atoms with Crippen LogP contribution in [-0.2, 0) is 19.1 Å². The maximum Gasteiger partial charge on any atom is 0.352 e. The van der Waals surface area contributed by atoms with Crippen molar-refractivity contribution in [2.75, 3.05) is 12.9 Å². The summed E-state index contributed by atoms with van der Waals surface area (Å²) in [4.78, 5) is 35.8. The number of carbonyl (C=O) groups excluding carboxylic acids is 2. The number of hydrogen-bond donors (Lipinski definition) is 2. The van der Waals surface area contributed by atoms with Gasteiger partial charge >= 0.3 is 5.97 Å². The first-order chi connectivity index (χ1) is 8.85. The molecule has 2 heterocycles. The van der Waals surface area contributed by atoms with Crippen molar-refractivity contribution in [3.05, 3.63) is 11.3 Å². The van der Waals surface area contributed by atoms with Crippen LogP contribution in [0.15, 0.2) is 11.3 Å². The van der Waals surface area contributed by atoms with Gasteiger partial charge in [-0.2, -0.15) is 0 Å². The number of fused-ring (bicyclic) bond motifs is 1. The molecule has 104 valence electrons. The Kier molecular flexibility index (Phi) is 3.31. The number of carboxylic acids is 1. The highest BCUT2D eigenvalue weighted by Crippen LogP contribution is 2.46. The van der Waals surface area contributed by atoms with Gasteiger partial charge in [-0.05, 0) is 12.5 Å². The molecule has 0 aromatic heterocycles. The van der Waals surface area contributed by atoms with Gasteiger partial charge in [0.25, 0.3) is 11.6 Å². The number of carbonyl (C=O) groups is 3. The summed E-state index contributed by atoms with van der Waals surface area (Å²) < 4.78 is 5.17. The molecule has 2 N–H and O–H groups in total. The number of carboxylic acid groups (broad SMARTS) is 1. The maximum absolute atomic E-state index is 12.2. The monoisotopic (exact) mass is 286 g/mol. The Hall–Kier alpha value is -1.54. The normalized spacial score (nSPS) is 29.7. The minimum Gasteiger partial charge on any atom is -0.477 e. The zero-order valence-electron chi connectivity index (χ0n) is 10.7. The quantitative estimate of drug-likeness (QED) is 0.548. The lowest BCUT2D eigenvalue weighted by atomic mass is 9.98. The Morgan fingerprint density at radius 2 is 2.21 bits per heavy atom. The van der Waals surface area contributed by atoms with Crippen molar-refractivity contribution in [3.8, 4) is 0 Å². The molecule has 0 bridgehead atoms. The molecule has 2 aliphatic rings. The Morgan fingerprint density at radius 3 is 2.68 bits per heavy atom. The molecule has 0 aromatic rings. The lowest BCUT2D eigenvalue weighted by Gasteiger charge is -2.55. The van der Waals surface area contributed by atoms with Crippen molar-refractivity contribution in [2.24, 2.45) is 0 Å². The van der Waals surface area contributed by atoms with Crippen molar-refractivity contribution in [3.63, 3.8) is 0 Å². The van der Waals surface area contributed by atoms with Crippen LogP contribution in [-0.4, -0.2) is 51.8 Å². The van der Waals surface area contributed by atoms with Crippen LogP contribution < -0.4 is 5.32 Å². The minimum atomic E-state index is -1.46. The fourth-order valence-corrected chi connectivity index (χ4v) is 3.68. The molecule has 1 saturated heterocycles. The second-order valence-electron chi connectivity index (χ2n) is 4.39. The van der Waals surface area contributed by atoms with E-state index in [1.165, 1.54) is 30.7 Å². The van der Waals surface area contributed by atoms with Crippen molar-refractivity contribution in [1.82, 2.24) is 10.2 Å². The Balaban J connectivity index is 2.38. The molecule has 2 rings (SSSR count). The topological polar surface area (TPSA) is 95.9 Å². The van der Waals surface area contributed by atoms with Crippen molar-refractivity contribution in [1.29, 1.82) is 0 Å². The highest BCUT2D eigenvalue weighted by molar-refractivity contribution is 8.00. The summed E-state index contributed by atoms with van der Waals surface area (Å²) in [6.45, 7) is 2.95. The van der Waals surface area contributed by atoms with Gasteiger partial charge in [0.05, 0.1) is 0 Å². The molecular formula is C11H14N2O5S. The lowest BCUT2D eigenvalue weighted by Crippen LogP contribution is -2.80. The maximum atomic E-state index is 12.2. The number of aliphatic carboxylic acids is 1. The average Bonchev–Trinajstić information content (AvgIpc) is 2.34. The van der Waals surface area contributed by atoms with Crippen LogP contribution in [0.25, 0.3) is 0 Å². The van der Waals surface area contributed by atoms with Crippen LogP contribution in [0.4, 0.5) is 0 Å². The van der Waals surface area contributed by atoms with E-state index < -0.39 is 28.9 Å². The number of hydrogen-bond acceptors (Lipinski definition) is 5. The van der Waals surface area contributed by atoms with Gasteiger partial charge in [0.15, 0.2) is 0 Å². The summed E-state index contributed by atoms with van der Waals surface area (Å²) in [5.41, 5.74) is -0.862. The third-order valence-electron chi connectivity index (χ3n) is 3.11. The molecule has 1 unspecified atom stereocenters. The van der Waals surface area contributed by atoms with Crippen LogP contribution in [0.3, 0.4) is 0 Å². The van der Waals surface area contributed by atoms with Crippen LogP contribution in [0, 0.1) is 0 Å². The fraction of sp³-hybridized carbons (Fsp3) is 0.545. The van der Waals surface area contributed by atoms with E-state index in [4.69, 9.17) is 4.74 Å². The number of thioether (sulfide) groups is 1. The van der Waals surface area contributed by atoms with Crippen LogP contribution in [0.2, 0.25) is 0 Å². The standard InChI is InChI=1S/C11H14N2O5S/c1-5-4-19-10-11(18-3,12-6(2)14)9(17)13(10)7(5)8(15)16/h10H,4H2,1-3H3,(H,12,14)(H,15,16)/t10-,11?/m0/s1. The van der Waals surface area contributed by atoms with E-state index in [0.717, 1.165) is 0 Å². The van der Waals surface area contributed by atoms with Crippen molar-refractivity contribution >= 4 is 29.5 Å². The molecule has 2 amide bonds. The zero-order chi connectivity index (χ0) is 14.4. The van der Waals surface area contributed by atoms with Crippen LogP contribution in [0.1, 0.15) is 13.8 Å². The molecule has 7 nitrogen and oxygen atoms in total. The summed E-state index contributed by atoms with van der Waals surface area (Å²) in [7, 11) is 1.32. The molecular weight excluding hydrogens is 272 g/mol. The van der Waals surface area contributed by atoms with E-state index in [9.17, 15) is 19.5 Å².